The van der Waals surface area contributed by atoms with Gasteiger partial charge in [0.2, 0.25) is 5.91 Å². The van der Waals surface area contributed by atoms with E-state index in [9.17, 15) is 4.79 Å². The van der Waals surface area contributed by atoms with Crippen molar-refractivity contribution in [2.75, 3.05) is 5.88 Å². The highest BCUT2D eigenvalue weighted by molar-refractivity contribution is 6.27. The molecule has 18 heavy (non-hydrogen) atoms. The second kappa shape index (κ2) is 8.76. The fourth-order valence-corrected chi connectivity index (χ4v) is 2.08. The van der Waals surface area contributed by atoms with Gasteiger partial charge in [0, 0.05) is 5.70 Å². The average molecular weight is 268 g/mol. The molecule has 0 aromatic rings. The van der Waals surface area contributed by atoms with Gasteiger partial charge in [0.25, 0.3) is 0 Å². The highest BCUT2D eigenvalue weighted by atomic mass is 35.5. The van der Waals surface area contributed by atoms with Crippen LogP contribution < -0.4 is 0 Å². The highest BCUT2D eigenvalue weighted by Crippen LogP contribution is 2.33. The van der Waals surface area contributed by atoms with E-state index in [0.717, 1.165) is 17.7 Å². The third-order valence-corrected chi connectivity index (χ3v) is 2.83. The maximum atomic E-state index is 11.8. The van der Waals surface area contributed by atoms with Crippen molar-refractivity contribution in [3.05, 3.63) is 48.7 Å². The van der Waals surface area contributed by atoms with Gasteiger partial charge in [-0.15, -0.1) is 18.2 Å². The Bertz CT molecular complexity index is 369. The van der Waals surface area contributed by atoms with Gasteiger partial charge >= 0.3 is 0 Å². The Morgan fingerprint density at radius 2 is 2.11 bits per heavy atom. The summed E-state index contributed by atoms with van der Waals surface area (Å²) in [5, 5.41) is 0. The van der Waals surface area contributed by atoms with Crippen LogP contribution in [0.3, 0.4) is 0 Å². The van der Waals surface area contributed by atoms with Crippen LogP contribution in [0.1, 0.15) is 27.2 Å². The Balaban J connectivity index is 0.00000137. The van der Waals surface area contributed by atoms with Gasteiger partial charge in [0.05, 0.1) is 6.04 Å². The third-order valence-electron chi connectivity index (χ3n) is 2.60. The van der Waals surface area contributed by atoms with Crippen molar-refractivity contribution in [3.8, 4) is 0 Å². The minimum atomic E-state index is -0.0906. The van der Waals surface area contributed by atoms with E-state index in [1.165, 1.54) is 0 Å². The maximum Gasteiger partial charge on any atom is 0.242 e. The molecular weight excluding hydrogens is 246 g/mol. The summed E-state index contributed by atoms with van der Waals surface area (Å²) in [6.07, 6.45) is 8.12. The van der Waals surface area contributed by atoms with Crippen LogP contribution in [0.15, 0.2) is 48.7 Å². The molecule has 2 nitrogen and oxygen atoms in total. The normalized spacial score (nSPS) is 22.7. The van der Waals surface area contributed by atoms with Crippen LogP contribution in [0.25, 0.3) is 0 Å². The lowest BCUT2D eigenvalue weighted by Crippen LogP contribution is -2.33. The first-order valence-corrected chi connectivity index (χ1v) is 6.71. The Kier molecular flexibility index (Phi) is 8.14. The molecule has 1 fully saturated rings. The SMILES string of the molecule is C=C/C=C1/C[C@@H](C=C)N(C(=O)CCl)/C1=C/C.CC. The van der Waals surface area contributed by atoms with E-state index in [-0.39, 0.29) is 17.8 Å². The lowest BCUT2D eigenvalue weighted by Gasteiger charge is -2.22. The van der Waals surface area contributed by atoms with Crippen molar-refractivity contribution in [2.24, 2.45) is 0 Å². The molecule has 0 bridgehead atoms. The fraction of sp³-hybridized carbons (Fsp3) is 0.400. The molecule has 0 aromatic heterocycles. The van der Waals surface area contributed by atoms with Crippen LogP contribution in [-0.4, -0.2) is 22.7 Å². The van der Waals surface area contributed by atoms with Gasteiger partial charge < -0.3 is 4.90 Å². The summed E-state index contributed by atoms with van der Waals surface area (Å²) in [5.41, 5.74) is 2.01. The van der Waals surface area contributed by atoms with Crippen LogP contribution >= 0.6 is 11.6 Å². The number of hydrogen-bond acceptors (Lipinski definition) is 1. The van der Waals surface area contributed by atoms with Crippen LogP contribution in [0.4, 0.5) is 0 Å². The van der Waals surface area contributed by atoms with Gasteiger partial charge in [0.15, 0.2) is 0 Å². The first kappa shape index (κ1) is 16.7. The van der Waals surface area contributed by atoms with E-state index >= 15 is 0 Å². The predicted octanol–water partition coefficient (Wildman–Crippen LogP) is 4.05. The molecule has 100 valence electrons. The Labute approximate surface area is 115 Å². The Morgan fingerprint density at radius 3 is 2.50 bits per heavy atom. The lowest BCUT2D eigenvalue weighted by molar-refractivity contribution is -0.126. The summed E-state index contributed by atoms with van der Waals surface area (Å²) < 4.78 is 0. The molecule has 1 aliphatic heterocycles. The summed E-state index contributed by atoms with van der Waals surface area (Å²) in [6.45, 7) is 13.3. The molecule has 1 atom stereocenters. The second-order valence-corrected chi connectivity index (χ2v) is 3.77. The number of allylic oxidation sites excluding steroid dienone is 4. The van der Waals surface area contributed by atoms with E-state index in [1.54, 1.807) is 17.1 Å². The molecule has 0 radical (unpaired) electrons. The molecule has 0 saturated carbocycles. The van der Waals surface area contributed by atoms with E-state index in [0.29, 0.717) is 0 Å². The molecule has 0 spiro atoms. The number of rotatable bonds is 3. The van der Waals surface area contributed by atoms with E-state index in [4.69, 9.17) is 11.6 Å². The van der Waals surface area contributed by atoms with Crippen molar-refractivity contribution in [1.82, 2.24) is 4.90 Å². The van der Waals surface area contributed by atoms with E-state index < -0.39 is 0 Å². The predicted molar refractivity (Wildman–Crippen MR) is 79.6 cm³/mol. The van der Waals surface area contributed by atoms with Crippen LogP contribution in [0.2, 0.25) is 0 Å². The van der Waals surface area contributed by atoms with E-state index in [1.807, 2.05) is 32.9 Å². The molecular formula is C15H22ClNO. The number of amides is 1. The number of carbonyl (C=O) groups excluding carboxylic acids is 1. The number of hydrogen-bond donors (Lipinski definition) is 0. The van der Waals surface area contributed by atoms with Gasteiger partial charge in [-0.1, -0.05) is 44.7 Å². The van der Waals surface area contributed by atoms with Gasteiger partial charge in [-0.25, -0.2) is 0 Å². The van der Waals surface area contributed by atoms with Crippen molar-refractivity contribution in [3.63, 3.8) is 0 Å². The monoisotopic (exact) mass is 267 g/mol. The quantitative estimate of drug-likeness (QED) is 0.558. The third kappa shape index (κ3) is 3.61. The standard InChI is InChI=1S/C13H16ClNO.C2H6/c1-4-7-10-8-11(5-2)15(12(10)6-3)13(16)9-14;1-2/h4-7,11H,1-2,8-9H2,3H3;1-2H3/b10-7-,12-6+;/t11-;/m1./s1. The summed E-state index contributed by atoms with van der Waals surface area (Å²) in [7, 11) is 0. The average Bonchev–Trinajstić information content (AvgIpc) is 2.78. The first-order chi connectivity index (χ1) is 8.69. The van der Waals surface area contributed by atoms with E-state index in [2.05, 4.69) is 13.2 Å². The molecule has 0 aliphatic carbocycles. The second-order valence-electron chi connectivity index (χ2n) is 3.51. The lowest BCUT2D eigenvalue weighted by atomic mass is 10.1. The summed E-state index contributed by atoms with van der Waals surface area (Å²) in [5.74, 6) is -0.101. The van der Waals surface area contributed by atoms with Gasteiger partial charge in [-0.3, -0.25) is 4.79 Å². The minimum absolute atomic E-state index is 0.00338. The largest absolute Gasteiger partial charge is 0.304 e. The summed E-state index contributed by atoms with van der Waals surface area (Å²) >= 11 is 5.61. The number of carbonyl (C=O) groups is 1. The molecule has 1 amide bonds. The number of likely N-dealkylation sites (tertiary alicyclic amines) is 1. The molecule has 1 saturated heterocycles. The maximum absolute atomic E-state index is 11.8. The first-order valence-electron chi connectivity index (χ1n) is 6.18. The Morgan fingerprint density at radius 1 is 1.50 bits per heavy atom. The highest BCUT2D eigenvalue weighted by Gasteiger charge is 2.33. The van der Waals surface area contributed by atoms with Crippen molar-refractivity contribution in [1.29, 1.82) is 0 Å². The molecule has 0 aromatic carbocycles. The molecule has 3 heteroatoms. The number of halogens is 1. The fourth-order valence-electron chi connectivity index (χ4n) is 1.95. The van der Waals surface area contributed by atoms with Gasteiger partial charge in [-0.05, 0) is 18.9 Å². The zero-order chi connectivity index (χ0) is 14.1. The molecule has 1 rings (SSSR count). The smallest absolute Gasteiger partial charge is 0.242 e. The van der Waals surface area contributed by atoms with Crippen LogP contribution in [0.5, 0.6) is 0 Å². The topological polar surface area (TPSA) is 20.3 Å². The molecule has 0 N–H and O–H groups in total. The van der Waals surface area contributed by atoms with Crippen molar-refractivity contribution >= 4 is 17.5 Å². The number of alkyl halides is 1. The molecule has 1 heterocycles. The zero-order valence-corrected chi connectivity index (χ0v) is 12.2. The minimum Gasteiger partial charge on any atom is -0.304 e. The van der Waals surface area contributed by atoms with Gasteiger partial charge in [0.1, 0.15) is 5.88 Å². The number of nitrogens with zero attached hydrogens (tertiary/aromatic N) is 1. The van der Waals surface area contributed by atoms with Crippen LogP contribution in [-0.2, 0) is 4.79 Å². The molecule has 1 aliphatic rings. The summed E-state index contributed by atoms with van der Waals surface area (Å²) in [4.78, 5) is 13.5. The van der Waals surface area contributed by atoms with Crippen molar-refractivity contribution < 1.29 is 4.79 Å². The van der Waals surface area contributed by atoms with Crippen molar-refractivity contribution in [2.45, 2.75) is 33.2 Å². The molecule has 0 unspecified atom stereocenters. The Hall–Kier alpha value is -1.28. The van der Waals surface area contributed by atoms with Gasteiger partial charge in [-0.2, -0.15) is 0 Å². The zero-order valence-electron chi connectivity index (χ0n) is 11.4. The summed E-state index contributed by atoms with van der Waals surface area (Å²) in [6, 6.07) is 0.00338. The van der Waals surface area contributed by atoms with Crippen LogP contribution in [0, 0.1) is 0 Å².